The molecule has 0 radical (unpaired) electrons. The molecule has 0 saturated carbocycles. The fourth-order valence-corrected chi connectivity index (χ4v) is 2.02. The Kier molecular flexibility index (Phi) is 7.21. The van der Waals surface area contributed by atoms with Crippen LogP contribution in [0.5, 0.6) is 0 Å². The van der Waals surface area contributed by atoms with E-state index < -0.39 is 35.8 Å². The molecule has 0 aliphatic heterocycles. The van der Waals surface area contributed by atoms with Crippen LogP contribution in [0, 0.1) is 5.92 Å². The maximum Gasteiger partial charge on any atom is 0.308 e. The minimum absolute atomic E-state index is 0.00141. The molecule has 0 fully saturated rings. The third kappa shape index (κ3) is 5.71. The predicted octanol–water partition coefficient (Wildman–Crippen LogP) is 0.279. The number of hydrogen-bond donors (Lipinski definition) is 3. The van der Waals surface area contributed by atoms with Gasteiger partial charge in [0.1, 0.15) is 6.04 Å². The molecule has 0 saturated heterocycles. The number of ether oxygens (including phenoxy) is 1. The molecular weight excluding hydrogens is 300 g/mol. The maximum atomic E-state index is 12.1. The first kappa shape index (κ1) is 18.6. The largest absolute Gasteiger partial charge is 0.466 e. The van der Waals surface area contributed by atoms with E-state index in [-0.39, 0.29) is 13.0 Å². The minimum atomic E-state index is -1.42. The summed E-state index contributed by atoms with van der Waals surface area (Å²) in [7, 11) is 0. The first-order valence-corrected chi connectivity index (χ1v) is 7.36. The van der Waals surface area contributed by atoms with Crippen molar-refractivity contribution in [3.8, 4) is 0 Å². The number of nitrogens with two attached hydrogens (primary N) is 1. The molecule has 0 aliphatic rings. The highest BCUT2D eigenvalue weighted by molar-refractivity contribution is 5.89. The lowest BCUT2D eigenvalue weighted by Gasteiger charge is -2.20. The van der Waals surface area contributed by atoms with Crippen molar-refractivity contribution in [1.29, 1.82) is 0 Å². The fourth-order valence-electron chi connectivity index (χ4n) is 2.02. The standard InChI is InChI=1S/C16H22N2O5/c1-3-23-16(22)10(2)9-12(14(17)20)18-15(21)13(19)11-7-5-4-6-8-11/h4-8,10,12-13,19H,3,9H2,1-2H3,(H2,17,20)(H,18,21)/t10-,12-,13+/m1/s1. The highest BCUT2D eigenvalue weighted by Gasteiger charge is 2.27. The van der Waals surface area contributed by atoms with Crippen LogP contribution in [0.4, 0.5) is 0 Å². The lowest BCUT2D eigenvalue weighted by atomic mass is 10.0. The van der Waals surface area contributed by atoms with E-state index in [4.69, 9.17) is 10.5 Å². The summed E-state index contributed by atoms with van der Waals surface area (Å²) < 4.78 is 4.85. The summed E-state index contributed by atoms with van der Waals surface area (Å²) in [4.78, 5) is 35.1. The fraction of sp³-hybridized carbons (Fsp3) is 0.438. The quantitative estimate of drug-likeness (QED) is 0.594. The highest BCUT2D eigenvalue weighted by atomic mass is 16.5. The number of esters is 1. The van der Waals surface area contributed by atoms with Crippen LogP contribution in [0.2, 0.25) is 0 Å². The molecule has 1 rings (SSSR count). The number of benzene rings is 1. The number of rotatable bonds is 8. The van der Waals surface area contributed by atoms with Gasteiger partial charge >= 0.3 is 5.97 Å². The average Bonchev–Trinajstić information content (AvgIpc) is 2.54. The van der Waals surface area contributed by atoms with Gasteiger partial charge in [0, 0.05) is 0 Å². The van der Waals surface area contributed by atoms with Gasteiger partial charge in [-0.2, -0.15) is 0 Å². The Morgan fingerprint density at radius 1 is 1.26 bits per heavy atom. The molecule has 1 aromatic carbocycles. The van der Waals surface area contributed by atoms with Crippen molar-refractivity contribution in [2.45, 2.75) is 32.4 Å². The zero-order valence-corrected chi connectivity index (χ0v) is 13.2. The molecule has 3 atom stereocenters. The van der Waals surface area contributed by atoms with E-state index in [9.17, 15) is 19.5 Å². The first-order chi connectivity index (χ1) is 10.9. The van der Waals surface area contributed by atoms with Crippen LogP contribution in [0.25, 0.3) is 0 Å². The number of aliphatic hydroxyl groups excluding tert-OH is 1. The van der Waals surface area contributed by atoms with Crippen molar-refractivity contribution in [3.05, 3.63) is 35.9 Å². The molecule has 0 aromatic heterocycles. The Morgan fingerprint density at radius 3 is 2.39 bits per heavy atom. The van der Waals surface area contributed by atoms with Gasteiger partial charge in [-0.3, -0.25) is 14.4 Å². The van der Waals surface area contributed by atoms with E-state index in [0.717, 1.165) is 0 Å². The van der Waals surface area contributed by atoms with Crippen molar-refractivity contribution in [3.63, 3.8) is 0 Å². The predicted molar refractivity (Wildman–Crippen MR) is 82.9 cm³/mol. The SMILES string of the molecule is CCOC(=O)[C@H](C)C[C@@H](NC(=O)[C@@H](O)c1ccccc1)C(N)=O. The molecule has 4 N–H and O–H groups in total. The highest BCUT2D eigenvalue weighted by Crippen LogP contribution is 2.14. The topological polar surface area (TPSA) is 119 Å². The van der Waals surface area contributed by atoms with Crippen molar-refractivity contribution in [2.75, 3.05) is 6.61 Å². The third-order valence-electron chi connectivity index (χ3n) is 3.30. The van der Waals surface area contributed by atoms with Gasteiger partial charge in [-0.1, -0.05) is 37.3 Å². The molecule has 7 heteroatoms. The van der Waals surface area contributed by atoms with Gasteiger partial charge < -0.3 is 20.9 Å². The Labute approximate surface area is 134 Å². The second-order valence-corrected chi connectivity index (χ2v) is 5.17. The number of aliphatic hydroxyl groups is 1. The van der Waals surface area contributed by atoms with Crippen LogP contribution in [0.3, 0.4) is 0 Å². The Bertz CT molecular complexity index is 547. The summed E-state index contributed by atoms with van der Waals surface area (Å²) >= 11 is 0. The molecule has 0 heterocycles. The number of hydrogen-bond acceptors (Lipinski definition) is 5. The van der Waals surface area contributed by atoms with Gasteiger partial charge in [0.05, 0.1) is 12.5 Å². The minimum Gasteiger partial charge on any atom is -0.466 e. The van der Waals surface area contributed by atoms with Crippen molar-refractivity contribution in [1.82, 2.24) is 5.32 Å². The van der Waals surface area contributed by atoms with E-state index in [1.165, 1.54) is 0 Å². The van der Waals surface area contributed by atoms with E-state index >= 15 is 0 Å². The summed E-state index contributed by atoms with van der Waals surface area (Å²) in [5.74, 6) is -2.62. The van der Waals surface area contributed by atoms with Crippen LogP contribution < -0.4 is 11.1 Å². The van der Waals surface area contributed by atoms with Crippen molar-refractivity contribution in [2.24, 2.45) is 11.7 Å². The van der Waals surface area contributed by atoms with Gasteiger partial charge in [0.25, 0.3) is 5.91 Å². The van der Waals surface area contributed by atoms with E-state index in [0.29, 0.717) is 5.56 Å². The third-order valence-corrected chi connectivity index (χ3v) is 3.30. The van der Waals surface area contributed by atoms with Crippen LogP contribution >= 0.6 is 0 Å². The number of nitrogens with one attached hydrogen (secondary N) is 1. The second kappa shape index (κ2) is 8.89. The molecule has 0 aliphatic carbocycles. The first-order valence-electron chi connectivity index (χ1n) is 7.36. The van der Waals surface area contributed by atoms with Crippen LogP contribution in [-0.4, -0.2) is 35.5 Å². The number of primary amides is 1. The lowest BCUT2D eigenvalue weighted by Crippen LogP contribution is -2.47. The number of carbonyl (C=O) groups excluding carboxylic acids is 3. The van der Waals surface area contributed by atoms with Crippen LogP contribution in [-0.2, 0) is 19.1 Å². The van der Waals surface area contributed by atoms with Gasteiger partial charge in [-0.15, -0.1) is 0 Å². The van der Waals surface area contributed by atoms with E-state index in [1.807, 2.05) is 0 Å². The average molecular weight is 322 g/mol. The molecular formula is C16H22N2O5. The van der Waals surface area contributed by atoms with Gasteiger partial charge in [0.2, 0.25) is 5.91 Å². The van der Waals surface area contributed by atoms with Gasteiger partial charge in [-0.25, -0.2) is 0 Å². The Balaban J connectivity index is 2.70. The molecule has 7 nitrogen and oxygen atoms in total. The summed E-state index contributed by atoms with van der Waals surface area (Å²) in [6.45, 7) is 3.48. The Morgan fingerprint density at radius 2 is 1.87 bits per heavy atom. The number of amides is 2. The lowest BCUT2D eigenvalue weighted by molar-refractivity contribution is -0.148. The molecule has 0 bridgehead atoms. The molecule has 2 amide bonds. The van der Waals surface area contributed by atoms with Crippen LogP contribution in [0.1, 0.15) is 31.9 Å². The van der Waals surface area contributed by atoms with Crippen molar-refractivity contribution >= 4 is 17.8 Å². The summed E-state index contributed by atoms with van der Waals surface area (Å²) in [5, 5.41) is 12.4. The Hall–Kier alpha value is -2.41. The maximum absolute atomic E-state index is 12.1. The van der Waals surface area contributed by atoms with Gasteiger partial charge in [0.15, 0.2) is 6.10 Å². The number of carbonyl (C=O) groups is 3. The molecule has 0 spiro atoms. The van der Waals surface area contributed by atoms with Crippen LogP contribution in [0.15, 0.2) is 30.3 Å². The summed E-state index contributed by atoms with van der Waals surface area (Å²) in [5.41, 5.74) is 5.65. The van der Waals surface area contributed by atoms with E-state index in [2.05, 4.69) is 5.32 Å². The monoisotopic (exact) mass is 322 g/mol. The summed E-state index contributed by atoms with van der Waals surface area (Å²) in [6.07, 6.45) is -1.42. The van der Waals surface area contributed by atoms with Gasteiger partial charge in [-0.05, 0) is 18.9 Å². The molecule has 1 aromatic rings. The zero-order chi connectivity index (χ0) is 17.4. The smallest absolute Gasteiger partial charge is 0.308 e. The summed E-state index contributed by atoms with van der Waals surface area (Å²) in [6, 6.07) is 7.22. The van der Waals surface area contributed by atoms with E-state index in [1.54, 1.807) is 44.2 Å². The molecule has 126 valence electrons. The molecule has 23 heavy (non-hydrogen) atoms. The molecule has 0 unspecified atom stereocenters. The second-order valence-electron chi connectivity index (χ2n) is 5.17. The van der Waals surface area contributed by atoms with Crippen molar-refractivity contribution < 1.29 is 24.2 Å². The normalized spacial score (nSPS) is 14.4. The zero-order valence-electron chi connectivity index (χ0n) is 13.2.